The summed E-state index contributed by atoms with van der Waals surface area (Å²) < 4.78 is 0. The van der Waals surface area contributed by atoms with Crippen LogP contribution >= 0.6 is 0 Å². The molecule has 0 bridgehead atoms. The van der Waals surface area contributed by atoms with Gasteiger partial charge in [0.25, 0.3) is 0 Å². The average Bonchev–Trinajstić information content (AvgIpc) is 2.12. The lowest BCUT2D eigenvalue weighted by molar-refractivity contribution is -0.129. The van der Waals surface area contributed by atoms with Crippen molar-refractivity contribution in [1.82, 2.24) is 10.6 Å². The van der Waals surface area contributed by atoms with Crippen molar-refractivity contribution >= 4 is 11.8 Å². The topological polar surface area (TPSA) is 58.2 Å². The van der Waals surface area contributed by atoms with Crippen molar-refractivity contribution in [1.29, 1.82) is 0 Å². The summed E-state index contributed by atoms with van der Waals surface area (Å²) in [5.74, 6) is -0.207. The van der Waals surface area contributed by atoms with Crippen LogP contribution < -0.4 is 10.6 Å². The lowest BCUT2D eigenvalue weighted by Crippen LogP contribution is -2.45. The lowest BCUT2D eigenvalue weighted by atomic mass is 9.95. The van der Waals surface area contributed by atoms with Gasteiger partial charge in [0, 0.05) is 23.6 Å². The maximum Gasteiger partial charge on any atom is 0.246 e. The van der Waals surface area contributed by atoms with Crippen LogP contribution in [0.3, 0.4) is 0 Å². The molecule has 1 atom stereocenters. The molecule has 0 aliphatic rings. The fraction of sp³-hybridized carbons (Fsp3) is 0.667. The monoisotopic (exact) mass is 226 g/mol. The molecule has 0 radical (unpaired) electrons. The summed E-state index contributed by atoms with van der Waals surface area (Å²) in [4.78, 5) is 22.8. The molecule has 0 aromatic heterocycles. The molecular formula is C12H22N2O2. The molecule has 0 aliphatic heterocycles. The van der Waals surface area contributed by atoms with Crippen LogP contribution in [0, 0.1) is 5.41 Å². The van der Waals surface area contributed by atoms with E-state index in [0.29, 0.717) is 12.1 Å². The van der Waals surface area contributed by atoms with Gasteiger partial charge in [0.2, 0.25) is 11.8 Å². The van der Waals surface area contributed by atoms with Crippen LogP contribution in [0.1, 0.15) is 34.6 Å². The smallest absolute Gasteiger partial charge is 0.246 e. The summed E-state index contributed by atoms with van der Waals surface area (Å²) in [6, 6.07) is -0.0879. The number of carbonyl (C=O) groups is 2. The summed E-state index contributed by atoms with van der Waals surface area (Å²) in [6.45, 7) is 13.0. The molecule has 1 unspecified atom stereocenters. The molecule has 92 valence electrons. The fourth-order valence-electron chi connectivity index (χ4n) is 0.888. The van der Waals surface area contributed by atoms with Gasteiger partial charge in [-0.2, -0.15) is 0 Å². The highest BCUT2D eigenvalue weighted by Gasteiger charge is 2.22. The first-order valence-electron chi connectivity index (χ1n) is 5.39. The quantitative estimate of drug-likeness (QED) is 0.708. The summed E-state index contributed by atoms with van der Waals surface area (Å²) >= 11 is 0. The first-order chi connectivity index (χ1) is 7.14. The predicted molar refractivity (Wildman–Crippen MR) is 64.9 cm³/mol. The molecule has 4 heteroatoms. The first kappa shape index (κ1) is 14.7. The van der Waals surface area contributed by atoms with Gasteiger partial charge in [0.15, 0.2) is 0 Å². The van der Waals surface area contributed by atoms with Gasteiger partial charge in [-0.1, -0.05) is 27.4 Å². The standard InChI is InChI=1S/C12H22N2O2/c1-8(2)10(15)13-7-9(3)14-11(16)12(4,5)6/h9H,1,7H2,2-6H3,(H,13,15)(H,14,16). The number of hydrogen-bond acceptors (Lipinski definition) is 2. The Bertz CT molecular complexity index is 290. The van der Waals surface area contributed by atoms with Crippen molar-refractivity contribution in [2.45, 2.75) is 40.7 Å². The average molecular weight is 226 g/mol. The molecule has 0 aliphatic carbocycles. The van der Waals surface area contributed by atoms with Crippen molar-refractivity contribution in [3.8, 4) is 0 Å². The minimum Gasteiger partial charge on any atom is -0.351 e. The second kappa shape index (κ2) is 5.68. The zero-order valence-electron chi connectivity index (χ0n) is 10.8. The Morgan fingerprint density at radius 2 is 1.81 bits per heavy atom. The van der Waals surface area contributed by atoms with Crippen molar-refractivity contribution in [2.24, 2.45) is 5.41 Å². The minimum atomic E-state index is -0.410. The fourth-order valence-corrected chi connectivity index (χ4v) is 0.888. The number of amides is 2. The zero-order valence-corrected chi connectivity index (χ0v) is 10.8. The van der Waals surface area contributed by atoms with E-state index in [0.717, 1.165) is 0 Å². The maximum absolute atomic E-state index is 11.6. The maximum atomic E-state index is 11.6. The number of rotatable bonds is 4. The van der Waals surface area contributed by atoms with Crippen LogP contribution in [-0.2, 0) is 9.59 Å². The number of nitrogens with one attached hydrogen (secondary N) is 2. The first-order valence-corrected chi connectivity index (χ1v) is 5.39. The van der Waals surface area contributed by atoms with Crippen LogP contribution in [0.15, 0.2) is 12.2 Å². The number of hydrogen-bond donors (Lipinski definition) is 2. The molecule has 0 spiro atoms. The third-order valence-electron chi connectivity index (χ3n) is 2.02. The van der Waals surface area contributed by atoms with Crippen LogP contribution in [0.2, 0.25) is 0 Å². The third-order valence-corrected chi connectivity index (χ3v) is 2.02. The van der Waals surface area contributed by atoms with Gasteiger partial charge in [-0.3, -0.25) is 9.59 Å². The van der Waals surface area contributed by atoms with Crippen molar-refractivity contribution in [3.63, 3.8) is 0 Å². The van der Waals surface area contributed by atoms with Gasteiger partial charge >= 0.3 is 0 Å². The molecular weight excluding hydrogens is 204 g/mol. The van der Waals surface area contributed by atoms with Crippen LogP contribution in [0.4, 0.5) is 0 Å². The Kier molecular flexibility index (Phi) is 5.21. The van der Waals surface area contributed by atoms with E-state index in [1.807, 2.05) is 27.7 Å². The highest BCUT2D eigenvalue weighted by Crippen LogP contribution is 2.12. The second-order valence-electron chi connectivity index (χ2n) is 5.11. The second-order valence-corrected chi connectivity index (χ2v) is 5.11. The summed E-state index contributed by atoms with van der Waals surface area (Å²) in [6.07, 6.45) is 0. The highest BCUT2D eigenvalue weighted by atomic mass is 16.2. The molecule has 0 aromatic carbocycles. The summed E-state index contributed by atoms with van der Waals surface area (Å²) in [5, 5.41) is 5.52. The van der Waals surface area contributed by atoms with E-state index in [9.17, 15) is 9.59 Å². The van der Waals surface area contributed by atoms with Crippen molar-refractivity contribution < 1.29 is 9.59 Å². The molecule has 2 amide bonds. The van der Waals surface area contributed by atoms with Gasteiger partial charge in [0.05, 0.1) is 0 Å². The Labute approximate surface area is 97.5 Å². The lowest BCUT2D eigenvalue weighted by Gasteiger charge is -2.22. The van der Waals surface area contributed by atoms with E-state index in [-0.39, 0.29) is 17.9 Å². The van der Waals surface area contributed by atoms with Crippen LogP contribution in [0.25, 0.3) is 0 Å². The van der Waals surface area contributed by atoms with Gasteiger partial charge in [-0.15, -0.1) is 0 Å². The third kappa shape index (κ3) is 5.53. The summed E-state index contributed by atoms with van der Waals surface area (Å²) in [5.41, 5.74) is 0.0569. The molecule has 0 heterocycles. The largest absolute Gasteiger partial charge is 0.351 e. The summed E-state index contributed by atoms with van der Waals surface area (Å²) in [7, 11) is 0. The molecule has 0 rings (SSSR count). The van der Waals surface area contributed by atoms with E-state index in [2.05, 4.69) is 17.2 Å². The predicted octanol–water partition coefficient (Wildman–Crippen LogP) is 1.23. The van der Waals surface area contributed by atoms with E-state index >= 15 is 0 Å². The Morgan fingerprint density at radius 3 is 2.19 bits per heavy atom. The van der Waals surface area contributed by atoms with Gasteiger partial charge < -0.3 is 10.6 Å². The Balaban J connectivity index is 4.01. The molecule has 0 saturated carbocycles. The van der Waals surface area contributed by atoms with Gasteiger partial charge in [0.1, 0.15) is 0 Å². The van der Waals surface area contributed by atoms with Gasteiger partial charge in [-0.05, 0) is 13.8 Å². The van der Waals surface area contributed by atoms with E-state index in [4.69, 9.17) is 0 Å². The molecule has 0 fully saturated rings. The van der Waals surface area contributed by atoms with Crippen LogP contribution in [-0.4, -0.2) is 24.4 Å². The molecule has 4 nitrogen and oxygen atoms in total. The van der Waals surface area contributed by atoms with E-state index in [1.165, 1.54) is 0 Å². The normalized spacial score (nSPS) is 12.8. The van der Waals surface area contributed by atoms with E-state index < -0.39 is 5.41 Å². The SMILES string of the molecule is C=C(C)C(=O)NCC(C)NC(=O)C(C)(C)C. The van der Waals surface area contributed by atoms with Crippen LogP contribution in [0.5, 0.6) is 0 Å². The number of carbonyl (C=O) groups excluding carboxylic acids is 2. The van der Waals surface area contributed by atoms with Gasteiger partial charge in [-0.25, -0.2) is 0 Å². The molecule has 16 heavy (non-hydrogen) atoms. The van der Waals surface area contributed by atoms with E-state index in [1.54, 1.807) is 6.92 Å². The molecule has 0 saturated heterocycles. The highest BCUT2D eigenvalue weighted by molar-refractivity contribution is 5.92. The Hall–Kier alpha value is -1.32. The molecule has 0 aromatic rings. The molecule has 2 N–H and O–H groups in total. The van der Waals surface area contributed by atoms with Crippen molar-refractivity contribution in [3.05, 3.63) is 12.2 Å². The Morgan fingerprint density at radius 1 is 1.31 bits per heavy atom. The van der Waals surface area contributed by atoms with Crippen molar-refractivity contribution in [2.75, 3.05) is 6.54 Å². The minimum absolute atomic E-state index is 0.0235. The zero-order chi connectivity index (χ0) is 12.9.